The van der Waals surface area contributed by atoms with Crippen molar-refractivity contribution in [3.63, 3.8) is 0 Å². The quantitative estimate of drug-likeness (QED) is 0.694. The summed E-state index contributed by atoms with van der Waals surface area (Å²) < 4.78 is 7.37. The van der Waals surface area contributed by atoms with Crippen molar-refractivity contribution in [2.24, 2.45) is 5.92 Å². The zero-order valence-electron chi connectivity index (χ0n) is 22.2. The van der Waals surface area contributed by atoms with Crippen LogP contribution in [0, 0.1) is 12.8 Å². The molecule has 0 radical (unpaired) electrons. The lowest BCUT2D eigenvalue weighted by Crippen LogP contribution is -2.72. The summed E-state index contributed by atoms with van der Waals surface area (Å²) >= 11 is 0. The first-order valence-corrected chi connectivity index (χ1v) is 13.6. The molecule has 2 aliphatic carbocycles. The summed E-state index contributed by atoms with van der Waals surface area (Å²) in [5.41, 5.74) is 1.82. The number of methoxy groups -OCH3 is 1. The van der Waals surface area contributed by atoms with Crippen molar-refractivity contribution in [2.45, 2.75) is 88.4 Å². The van der Waals surface area contributed by atoms with Gasteiger partial charge in [-0.2, -0.15) is 5.10 Å². The van der Waals surface area contributed by atoms with Crippen LogP contribution in [0.5, 0.6) is 5.75 Å². The number of carbonyl (C=O) groups excluding carboxylic acids is 1. The minimum absolute atomic E-state index is 0.0656. The zero-order chi connectivity index (χ0) is 25.3. The number of aromatic nitrogens is 2. The molecular weight excluding hydrogens is 452 g/mol. The summed E-state index contributed by atoms with van der Waals surface area (Å²) in [6, 6.07) is 6.51. The van der Waals surface area contributed by atoms with Crippen LogP contribution in [-0.2, 0) is 23.2 Å². The predicted octanol–water partition coefficient (Wildman–Crippen LogP) is 3.31. The maximum atomic E-state index is 13.7. The van der Waals surface area contributed by atoms with E-state index in [0.717, 1.165) is 49.6 Å². The number of nitrogens with zero attached hydrogens (tertiary/aromatic N) is 4. The molecule has 1 aromatic heterocycles. The van der Waals surface area contributed by atoms with Crippen LogP contribution in [-0.4, -0.2) is 74.5 Å². The Bertz CT molecular complexity index is 1170. The van der Waals surface area contributed by atoms with Crippen LogP contribution in [0.15, 0.2) is 30.6 Å². The van der Waals surface area contributed by atoms with E-state index in [4.69, 9.17) is 4.74 Å². The van der Waals surface area contributed by atoms with E-state index in [2.05, 4.69) is 42.0 Å². The van der Waals surface area contributed by atoms with Gasteiger partial charge in [-0.25, -0.2) is 0 Å². The van der Waals surface area contributed by atoms with E-state index < -0.39 is 16.6 Å². The van der Waals surface area contributed by atoms with Crippen molar-refractivity contribution in [3.05, 3.63) is 47.3 Å². The first-order chi connectivity index (χ1) is 17.1. The summed E-state index contributed by atoms with van der Waals surface area (Å²) in [5, 5.41) is 17.3. The van der Waals surface area contributed by atoms with Crippen molar-refractivity contribution in [1.29, 1.82) is 0 Å². The molecule has 3 fully saturated rings. The van der Waals surface area contributed by atoms with Crippen molar-refractivity contribution in [3.8, 4) is 5.75 Å². The molecule has 36 heavy (non-hydrogen) atoms. The average molecular weight is 493 g/mol. The number of hydrogen-bond acceptors (Lipinski definition) is 5. The van der Waals surface area contributed by atoms with E-state index in [1.165, 1.54) is 24.0 Å². The van der Waals surface area contributed by atoms with Gasteiger partial charge in [-0.05, 0) is 94.2 Å². The third kappa shape index (κ3) is 3.69. The van der Waals surface area contributed by atoms with Gasteiger partial charge < -0.3 is 14.7 Å². The molecule has 3 heterocycles. The fourth-order valence-corrected chi connectivity index (χ4v) is 7.72. The standard InChI is InChI=1S/C29H40N4O3/c1-20-15-30-32(16-20)18-26(34)33-12-10-28-9-11-31(17-21-5-6-21)25(29(28,35)19-27(33,2)3)13-22-7-8-23(36-4)14-24(22)28/h7-8,14-16,21,25,35H,5-6,9-13,17-19H2,1-4H3/t25-,28-,29-/m1/s1. The maximum absolute atomic E-state index is 13.7. The molecule has 1 saturated carbocycles. The Morgan fingerprint density at radius 1 is 1.22 bits per heavy atom. The first-order valence-electron chi connectivity index (χ1n) is 13.6. The van der Waals surface area contributed by atoms with Crippen LogP contribution in [0.25, 0.3) is 0 Å². The summed E-state index contributed by atoms with van der Waals surface area (Å²) in [6.07, 6.45) is 9.39. The lowest BCUT2D eigenvalue weighted by Gasteiger charge is -2.62. The second-order valence-corrected chi connectivity index (χ2v) is 12.4. The van der Waals surface area contributed by atoms with Gasteiger partial charge in [-0.1, -0.05) is 6.07 Å². The summed E-state index contributed by atoms with van der Waals surface area (Å²) in [7, 11) is 1.71. The lowest BCUT2D eigenvalue weighted by molar-refractivity contribution is -0.160. The predicted molar refractivity (Wildman–Crippen MR) is 138 cm³/mol. The third-order valence-electron chi connectivity index (χ3n) is 9.64. The fourth-order valence-electron chi connectivity index (χ4n) is 7.72. The Morgan fingerprint density at radius 3 is 2.69 bits per heavy atom. The topological polar surface area (TPSA) is 70.8 Å². The number of benzene rings is 1. The lowest BCUT2D eigenvalue weighted by atomic mass is 9.51. The normalized spacial score (nSPS) is 31.4. The Balaban J connectivity index is 1.41. The average Bonchev–Trinajstić information content (AvgIpc) is 3.56. The molecule has 1 aromatic carbocycles. The molecule has 2 saturated heterocycles. The smallest absolute Gasteiger partial charge is 0.244 e. The third-order valence-corrected chi connectivity index (χ3v) is 9.64. The fraction of sp³-hybridized carbons (Fsp3) is 0.655. The minimum Gasteiger partial charge on any atom is -0.497 e. The number of aryl methyl sites for hydroxylation is 1. The van der Waals surface area contributed by atoms with Gasteiger partial charge in [0.25, 0.3) is 0 Å². The molecule has 2 bridgehead atoms. The summed E-state index contributed by atoms with van der Waals surface area (Å²) in [4.78, 5) is 18.3. The molecule has 1 N–H and O–H groups in total. The minimum atomic E-state index is -0.916. The first kappa shape index (κ1) is 24.0. The number of hydrogen-bond donors (Lipinski definition) is 1. The highest BCUT2D eigenvalue weighted by atomic mass is 16.5. The molecule has 2 aliphatic heterocycles. The number of fused-ring (bicyclic) bond motifs is 1. The molecular formula is C29H40N4O3. The molecule has 7 heteroatoms. The van der Waals surface area contributed by atoms with Gasteiger partial charge in [0.15, 0.2) is 0 Å². The molecule has 0 unspecified atom stereocenters. The number of ether oxygens (including phenoxy) is 1. The molecule has 2 aromatic rings. The van der Waals surface area contributed by atoms with Crippen molar-refractivity contribution in [2.75, 3.05) is 26.7 Å². The van der Waals surface area contributed by atoms with Crippen LogP contribution >= 0.6 is 0 Å². The molecule has 7 nitrogen and oxygen atoms in total. The van der Waals surface area contributed by atoms with E-state index in [9.17, 15) is 9.90 Å². The van der Waals surface area contributed by atoms with Crippen molar-refractivity contribution in [1.82, 2.24) is 19.6 Å². The Kier molecular flexibility index (Phi) is 5.54. The monoisotopic (exact) mass is 492 g/mol. The Labute approximate surface area is 214 Å². The number of likely N-dealkylation sites (tertiary alicyclic amines) is 2. The van der Waals surface area contributed by atoms with Crippen LogP contribution in [0.3, 0.4) is 0 Å². The highest BCUT2D eigenvalue weighted by Crippen LogP contribution is 2.58. The number of piperidine rings is 1. The molecule has 3 atom stereocenters. The molecule has 1 amide bonds. The summed E-state index contributed by atoms with van der Waals surface area (Å²) in [5.74, 6) is 1.68. The van der Waals surface area contributed by atoms with Gasteiger partial charge in [0, 0.05) is 42.7 Å². The van der Waals surface area contributed by atoms with E-state index in [-0.39, 0.29) is 18.5 Å². The van der Waals surface area contributed by atoms with Crippen LogP contribution in [0.1, 0.15) is 62.6 Å². The zero-order valence-corrected chi connectivity index (χ0v) is 22.2. The van der Waals surface area contributed by atoms with Crippen LogP contribution in [0.4, 0.5) is 0 Å². The maximum Gasteiger partial charge on any atom is 0.244 e. The number of rotatable bonds is 5. The van der Waals surface area contributed by atoms with E-state index >= 15 is 0 Å². The van der Waals surface area contributed by atoms with Gasteiger partial charge in [-0.3, -0.25) is 14.4 Å². The molecule has 4 aliphatic rings. The van der Waals surface area contributed by atoms with Crippen LogP contribution in [0.2, 0.25) is 0 Å². The second kappa shape index (κ2) is 8.32. The molecule has 0 spiro atoms. The molecule has 194 valence electrons. The van der Waals surface area contributed by atoms with Crippen LogP contribution < -0.4 is 4.74 Å². The van der Waals surface area contributed by atoms with E-state index in [1.807, 2.05) is 18.0 Å². The second-order valence-electron chi connectivity index (χ2n) is 12.4. The van der Waals surface area contributed by atoms with E-state index in [1.54, 1.807) is 18.0 Å². The number of carbonyl (C=O) groups is 1. The highest BCUT2D eigenvalue weighted by Gasteiger charge is 2.65. The van der Waals surface area contributed by atoms with Gasteiger partial charge in [-0.15, -0.1) is 0 Å². The molecule has 6 rings (SSSR count). The van der Waals surface area contributed by atoms with Gasteiger partial charge >= 0.3 is 0 Å². The Hall–Kier alpha value is -2.38. The Morgan fingerprint density at radius 2 is 2.00 bits per heavy atom. The SMILES string of the molecule is COc1ccc2c(c1)[C@]13CCN(CC4CC4)[C@H](C2)[C@]1(O)CC(C)(C)N(C(=O)Cn1cc(C)cn1)CC3. The van der Waals surface area contributed by atoms with Gasteiger partial charge in [0.05, 0.1) is 18.9 Å². The van der Waals surface area contributed by atoms with Crippen molar-refractivity contribution < 1.29 is 14.6 Å². The van der Waals surface area contributed by atoms with Gasteiger partial charge in [0.1, 0.15) is 12.3 Å². The number of aliphatic hydroxyl groups is 1. The van der Waals surface area contributed by atoms with Gasteiger partial charge in [0.2, 0.25) is 5.91 Å². The largest absolute Gasteiger partial charge is 0.497 e. The summed E-state index contributed by atoms with van der Waals surface area (Å²) in [6.45, 7) is 9.20. The highest BCUT2D eigenvalue weighted by molar-refractivity contribution is 5.77. The van der Waals surface area contributed by atoms with Crippen molar-refractivity contribution >= 4 is 5.91 Å². The van der Waals surface area contributed by atoms with E-state index in [0.29, 0.717) is 13.0 Å². The number of amides is 1.